The first-order valence-corrected chi connectivity index (χ1v) is 11.5. The molecule has 0 unspecified atom stereocenters. The molecule has 1 rings (SSSR count). The van der Waals surface area contributed by atoms with Gasteiger partial charge in [-0.2, -0.15) is 26.3 Å². The Hall–Kier alpha value is -3.06. The van der Waals surface area contributed by atoms with Crippen molar-refractivity contribution >= 4 is 23.8 Å². The molecule has 2 amide bonds. The molecule has 0 saturated carbocycles. The van der Waals surface area contributed by atoms with E-state index in [-0.39, 0.29) is 11.8 Å². The molecule has 0 radical (unpaired) electrons. The van der Waals surface area contributed by atoms with Crippen molar-refractivity contribution in [2.75, 3.05) is 46.3 Å². The van der Waals surface area contributed by atoms with Crippen molar-refractivity contribution in [2.24, 2.45) is 5.73 Å². The summed E-state index contributed by atoms with van der Waals surface area (Å²) in [6.07, 6.45) is -4.03. The first-order valence-electron chi connectivity index (χ1n) is 11.5. The number of likely N-dealkylation sites (tertiary alicyclic amines) is 1. The molecule has 0 aromatic heterocycles. The number of amides is 2. The highest BCUT2D eigenvalue weighted by Gasteiger charge is 2.38. The molecule has 0 spiro atoms. The van der Waals surface area contributed by atoms with E-state index in [2.05, 4.69) is 22.1 Å². The zero-order valence-corrected chi connectivity index (χ0v) is 21.0. The number of nitrogens with zero attached hydrogens (tertiary/aromatic N) is 2. The van der Waals surface area contributed by atoms with Gasteiger partial charge in [-0.15, -0.1) is 0 Å². The summed E-state index contributed by atoms with van der Waals surface area (Å²) in [4.78, 5) is 45.0. The molecular weight excluding hydrogens is 530 g/mol. The maximum absolute atomic E-state index is 12.0. The Kier molecular flexibility index (Phi) is 19.5. The molecule has 1 aliphatic heterocycles. The van der Waals surface area contributed by atoms with Crippen molar-refractivity contribution in [3.63, 3.8) is 0 Å². The van der Waals surface area contributed by atoms with Crippen molar-refractivity contribution in [3.8, 4) is 11.8 Å². The Morgan fingerprint density at radius 2 is 1.39 bits per heavy atom. The van der Waals surface area contributed by atoms with E-state index in [1.807, 2.05) is 0 Å². The van der Waals surface area contributed by atoms with Crippen LogP contribution < -0.4 is 11.1 Å². The van der Waals surface area contributed by atoms with Crippen LogP contribution in [0, 0.1) is 11.8 Å². The molecule has 0 aromatic carbocycles. The van der Waals surface area contributed by atoms with Gasteiger partial charge in [0.1, 0.15) is 0 Å². The minimum atomic E-state index is -5.08. The molecule has 0 aliphatic carbocycles. The highest BCUT2D eigenvalue weighted by Crippen LogP contribution is 2.13. The lowest BCUT2D eigenvalue weighted by Gasteiger charge is -2.14. The van der Waals surface area contributed by atoms with E-state index in [0.29, 0.717) is 32.5 Å². The number of unbranched alkanes of at least 4 members (excludes halogenated alkanes) is 2. The SMILES string of the molecule is CN(CC#CCN1CCCC1)C(=O)CCCCCNC(=O)CCN.O=C(O)C(F)(F)F.O=C(O)C(F)(F)F. The van der Waals surface area contributed by atoms with Gasteiger partial charge in [-0.05, 0) is 38.8 Å². The number of carbonyl (C=O) groups is 4. The Labute approximate surface area is 216 Å². The van der Waals surface area contributed by atoms with Crippen molar-refractivity contribution < 1.29 is 55.7 Å². The van der Waals surface area contributed by atoms with E-state index in [9.17, 15) is 35.9 Å². The standard InChI is InChI=1S/C18H32N4O2.2C2HF3O2/c1-21(13-5-6-14-22-15-7-8-16-22)18(24)9-3-2-4-12-20-17(23)10-11-19;2*3-2(4,5)1(6)7/h2-4,7-16,19H2,1H3,(H,20,23);2*(H,6,7). The molecule has 1 saturated heterocycles. The monoisotopic (exact) mass is 564 g/mol. The van der Waals surface area contributed by atoms with Crippen LogP contribution in [0.2, 0.25) is 0 Å². The summed E-state index contributed by atoms with van der Waals surface area (Å²) < 4.78 is 63.5. The summed E-state index contributed by atoms with van der Waals surface area (Å²) in [5, 5.41) is 17.1. The van der Waals surface area contributed by atoms with Crippen molar-refractivity contribution in [1.82, 2.24) is 15.1 Å². The van der Waals surface area contributed by atoms with Crippen molar-refractivity contribution in [2.45, 2.75) is 57.3 Å². The van der Waals surface area contributed by atoms with Gasteiger partial charge in [0.2, 0.25) is 11.8 Å². The zero-order chi connectivity index (χ0) is 29.8. The van der Waals surface area contributed by atoms with Gasteiger partial charge in [0, 0.05) is 33.0 Å². The van der Waals surface area contributed by atoms with Gasteiger partial charge in [0.25, 0.3) is 0 Å². The van der Waals surface area contributed by atoms with E-state index in [1.54, 1.807) is 11.9 Å². The number of hydrogen-bond donors (Lipinski definition) is 4. The van der Waals surface area contributed by atoms with Gasteiger partial charge >= 0.3 is 24.3 Å². The number of carboxylic acid groups (broad SMARTS) is 2. The summed E-state index contributed by atoms with van der Waals surface area (Å²) >= 11 is 0. The van der Waals surface area contributed by atoms with Crippen LogP contribution in [0.15, 0.2) is 0 Å². The second kappa shape index (κ2) is 20.0. The van der Waals surface area contributed by atoms with Crippen LogP contribution >= 0.6 is 0 Å². The number of carbonyl (C=O) groups excluding carboxylic acids is 2. The number of nitrogens with two attached hydrogens (primary N) is 1. The summed E-state index contributed by atoms with van der Waals surface area (Å²) in [7, 11) is 1.81. The lowest BCUT2D eigenvalue weighted by molar-refractivity contribution is -0.193. The van der Waals surface area contributed by atoms with Crippen LogP contribution in [0.4, 0.5) is 26.3 Å². The van der Waals surface area contributed by atoms with Crippen LogP contribution in [-0.4, -0.2) is 102 Å². The minimum absolute atomic E-state index is 0.000754. The molecular formula is C22H34F6N4O6. The van der Waals surface area contributed by atoms with Crippen LogP contribution in [0.25, 0.3) is 0 Å². The van der Waals surface area contributed by atoms with Gasteiger partial charge in [-0.1, -0.05) is 18.3 Å². The normalized spacial score (nSPS) is 13.1. The third-order valence-corrected chi connectivity index (χ3v) is 4.61. The quantitative estimate of drug-likeness (QED) is 0.178. The molecule has 38 heavy (non-hydrogen) atoms. The maximum Gasteiger partial charge on any atom is 0.490 e. The van der Waals surface area contributed by atoms with Gasteiger partial charge in [-0.25, -0.2) is 9.59 Å². The predicted octanol–water partition coefficient (Wildman–Crippen LogP) is 1.84. The number of rotatable bonds is 10. The smallest absolute Gasteiger partial charge is 0.475 e. The molecule has 1 heterocycles. The summed E-state index contributed by atoms with van der Waals surface area (Å²) in [5.74, 6) is 0.858. The van der Waals surface area contributed by atoms with E-state index in [1.165, 1.54) is 12.8 Å². The van der Waals surface area contributed by atoms with Crippen LogP contribution in [0.5, 0.6) is 0 Å². The zero-order valence-electron chi connectivity index (χ0n) is 21.0. The first-order chi connectivity index (χ1) is 17.5. The molecule has 220 valence electrons. The summed E-state index contributed by atoms with van der Waals surface area (Å²) in [6.45, 7) is 4.66. The van der Waals surface area contributed by atoms with Crippen LogP contribution in [-0.2, 0) is 19.2 Å². The van der Waals surface area contributed by atoms with Gasteiger partial charge < -0.3 is 26.2 Å². The van der Waals surface area contributed by atoms with Gasteiger partial charge in [0.15, 0.2) is 0 Å². The third kappa shape index (κ3) is 22.2. The number of alkyl halides is 6. The van der Waals surface area contributed by atoms with E-state index in [4.69, 9.17) is 25.5 Å². The Morgan fingerprint density at radius 3 is 1.84 bits per heavy atom. The Balaban J connectivity index is 0. The third-order valence-electron chi connectivity index (χ3n) is 4.61. The number of hydrogen-bond acceptors (Lipinski definition) is 6. The van der Waals surface area contributed by atoms with Crippen LogP contribution in [0.1, 0.15) is 44.9 Å². The molecule has 0 aromatic rings. The second-order valence-corrected chi connectivity index (χ2v) is 7.89. The molecule has 0 bridgehead atoms. The minimum Gasteiger partial charge on any atom is -0.475 e. The fourth-order valence-corrected chi connectivity index (χ4v) is 2.59. The molecule has 1 fully saturated rings. The van der Waals surface area contributed by atoms with Crippen LogP contribution in [0.3, 0.4) is 0 Å². The number of carboxylic acids is 2. The lowest BCUT2D eigenvalue weighted by atomic mass is 10.2. The number of aliphatic carboxylic acids is 2. The maximum atomic E-state index is 12.0. The Morgan fingerprint density at radius 1 is 0.895 bits per heavy atom. The van der Waals surface area contributed by atoms with Crippen molar-refractivity contribution in [3.05, 3.63) is 0 Å². The number of halogens is 6. The van der Waals surface area contributed by atoms with E-state index < -0.39 is 24.3 Å². The highest BCUT2D eigenvalue weighted by atomic mass is 19.4. The summed E-state index contributed by atoms with van der Waals surface area (Å²) in [5.41, 5.74) is 5.30. The molecule has 16 heteroatoms. The van der Waals surface area contributed by atoms with E-state index in [0.717, 1.165) is 38.9 Å². The van der Waals surface area contributed by atoms with Gasteiger partial charge in [-0.3, -0.25) is 14.5 Å². The molecule has 0 atom stereocenters. The average Bonchev–Trinajstić information content (AvgIpc) is 3.32. The van der Waals surface area contributed by atoms with E-state index >= 15 is 0 Å². The predicted molar refractivity (Wildman–Crippen MR) is 124 cm³/mol. The van der Waals surface area contributed by atoms with Gasteiger partial charge in [0.05, 0.1) is 13.1 Å². The fraction of sp³-hybridized carbons (Fsp3) is 0.727. The Bertz CT molecular complexity index is 766. The molecule has 10 nitrogen and oxygen atoms in total. The number of nitrogens with one attached hydrogen (secondary N) is 1. The largest absolute Gasteiger partial charge is 0.490 e. The summed E-state index contributed by atoms with van der Waals surface area (Å²) in [6, 6.07) is 0. The topological polar surface area (TPSA) is 153 Å². The first kappa shape index (κ1) is 37.1. The second-order valence-electron chi connectivity index (χ2n) is 7.89. The fourth-order valence-electron chi connectivity index (χ4n) is 2.59. The lowest BCUT2D eigenvalue weighted by Crippen LogP contribution is -2.27. The molecule has 5 N–H and O–H groups in total. The van der Waals surface area contributed by atoms with Crippen molar-refractivity contribution in [1.29, 1.82) is 0 Å². The average molecular weight is 565 g/mol. The highest BCUT2D eigenvalue weighted by molar-refractivity contribution is 5.76. The molecule has 1 aliphatic rings.